The highest BCUT2D eigenvalue weighted by Crippen LogP contribution is 2.33. The summed E-state index contributed by atoms with van der Waals surface area (Å²) in [6.07, 6.45) is 1.72. The van der Waals surface area contributed by atoms with Crippen molar-refractivity contribution in [2.75, 3.05) is 26.7 Å². The summed E-state index contributed by atoms with van der Waals surface area (Å²) in [7, 11) is 1.53. The van der Waals surface area contributed by atoms with Gasteiger partial charge in [0.2, 0.25) is 0 Å². The zero-order valence-corrected chi connectivity index (χ0v) is 11.2. The van der Waals surface area contributed by atoms with Crippen molar-refractivity contribution >= 4 is 18.3 Å². The molecule has 0 aromatic heterocycles. The van der Waals surface area contributed by atoms with Crippen LogP contribution in [-0.4, -0.2) is 43.7 Å². The molecule has 1 amide bonds. The number of halogens is 1. The van der Waals surface area contributed by atoms with Crippen LogP contribution in [0.15, 0.2) is 0 Å². The van der Waals surface area contributed by atoms with Gasteiger partial charge in [0.25, 0.3) is 5.91 Å². The molecule has 0 bridgehead atoms. The van der Waals surface area contributed by atoms with Gasteiger partial charge in [-0.1, -0.05) is 13.8 Å². The van der Waals surface area contributed by atoms with Crippen LogP contribution in [0.25, 0.3) is 0 Å². The van der Waals surface area contributed by atoms with E-state index in [0.29, 0.717) is 0 Å². The van der Waals surface area contributed by atoms with Gasteiger partial charge in [-0.25, -0.2) is 0 Å². The van der Waals surface area contributed by atoms with Crippen LogP contribution < -0.4 is 5.73 Å². The Hall–Kier alpha value is -0.320. The lowest BCUT2D eigenvalue weighted by atomic mass is 9.87. The van der Waals surface area contributed by atoms with Crippen molar-refractivity contribution in [2.24, 2.45) is 11.1 Å². The molecule has 0 aliphatic carbocycles. The predicted octanol–water partition coefficient (Wildman–Crippen LogP) is 1.03. The van der Waals surface area contributed by atoms with Crippen molar-refractivity contribution in [3.63, 3.8) is 0 Å². The number of amides is 1. The molecule has 2 unspecified atom stereocenters. The van der Waals surface area contributed by atoms with Gasteiger partial charge in [-0.2, -0.15) is 0 Å². The van der Waals surface area contributed by atoms with Gasteiger partial charge in [0.1, 0.15) is 6.10 Å². The topological polar surface area (TPSA) is 55.6 Å². The quantitative estimate of drug-likeness (QED) is 0.811. The molecule has 1 aliphatic rings. The summed E-state index contributed by atoms with van der Waals surface area (Å²) < 4.78 is 5.06. The van der Waals surface area contributed by atoms with E-state index in [1.807, 2.05) is 4.90 Å². The van der Waals surface area contributed by atoms with Gasteiger partial charge in [-0.3, -0.25) is 4.79 Å². The normalized spacial score (nSPS) is 26.4. The van der Waals surface area contributed by atoms with Gasteiger partial charge < -0.3 is 15.4 Å². The minimum atomic E-state index is -0.468. The van der Waals surface area contributed by atoms with E-state index in [4.69, 9.17) is 10.5 Å². The Bertz CT molecular complexity index is 234. The molecule has 0 spiro atoms. The first-order valence-corrected chi connectivity index (χ1v) is 5.58. The largest absolute Gasteiger partial charge is 0.370 e. The number of hydrogen-bond donors (Lipinski definition) is 1. The maximum Gasteiger partial charge on any atom is 0.253 e. The lowest BCUT2D eigenvalue weighted by molar-refractivity contribution is -0.140. The van der Waals surface area contributed by atoms with Crippen LogP contribution in [0.4, 0.5) is 0 Å². The number of nitrogens with two attached hydrogens (primary N) is 1. The smallest absolute Gasteiger partial charge is 0.253 e. The third-order valence-corrected chi connectivity index (χ3v) is 3.50. The zero-order chi connectivity index (χ0) is 11.5. The molecule has 1 fully saturated rings. The van der Waals surface area contributed by atoms with Crippen molar-refractivity contribution < 1.29 is 9.53 Å². The van der Waals surface area contributed by atoms with Gasteiger partial charge in [0, 0.05) is 26.7 Å². The number of hydrogen-bond acceptors (Lipinski definition) is 3. The third-order valence-electron chi connectivity index (χ3n) is 3.50. The number of ether oxygens (including phenoxy) is 1. The molecule has 0 aromatic carbocycles. The van der Waals surface area contributed by atoms with Gasteiger partial charge >= 0.3 is 0 Å². The number of rotatable bonds is 4. The monoisotopic (exact) mass is 250 g/mol. The van der Waals surface area contributed by atoms with Gasteiger partial charge in [-0.15, -0.1) is 12.4 Å². The van der Waals surface area contributed by atoms with Crippen LogP contribution in [0.2, 0.25) is 0 Å². The molecular weight excluding hydrogens is 228 g/mol. The average Bonchev–Trinajstić information content (AvgIpc) is 2.63. The minimum Gasteiger partial charge on any atom is -0.370 e. The van der Waals surface area contributed by atoms with Crippen LogP contribution >= 0.6 is 12.4 Å². The summed E-state index contributed by atoms with van der Waals surface area (Å²) >= 11 is 0. The van der Waals surface area contributed by atoms with E-state index in [-0.39, 0.29) is 30.3 Å². The fourth-order valence-electron chi connectivity index (χ4n) is 2.00. The molecule has 96 valence electrons. The maximum atomic E-state index is 11.9. The minimum absolute atomic E-state index is 0. The zero-order valence-electron chi connectivity index (χ0n) is 10.4. The summed E-state index contributed by atoms with van der Waals surface area (Å²) in [5.74, 6) is 0.0391. The Morgan fingerprint density at radius 2 is 2.25 bits per heavy atom. The molecule has 2 atom stereocenters. The lowest BCUT2D eigenvalue weighted by Gasteiger charge is -2.25. The average molecular weight is 251 g/mol. The third kappa shape index (κ3) is 3.34. The Morgan fingerprint density at radius 1 is 1.62 bits per heavy atom. The van der Waals surface area contributed by atoms with Crippen molar-refractivity contribution in [1.29, 1.82) is 0 Å². The SMILES string of the molecule is CCC1(C)CCN(C(=O)C(CN)OC)C1.Cl. The van der Waals surface area contributed by atoms with E-state index in [1.54, 1.807) is 0 Å². The van der Waals surface area contributed by atoms with Crippen molar-refractivity contribution in [3.8, 4) is 0 Å². The van der Waals surface area contributed by atoms with Crippen LogP contribution in [0.3, 0.4) is 0 Å². The second-order valence-corrected chi connectivity index (χ2v) is 4.63. The number of likely N-dealkylation sites (tertiary alicyclic amines) is 1. The Labute approximate surface area is 104 Å². The number of methoxy groups -OCH3 is 1. The standard InChI is InChI=1S/C11H22N2O2.ClH/c1-4-11(2)5-6-13(8-11)10(14)9(7-12)15-3;/h9H,4-8,12H2,1-3H3;1H. The molecule has 0 aromatic rings. The molecule has 16 heavy (non-hydrogen) atoms. The summed E-state index contributed by atoms with van der Waals surface area (Å²) in [5, 5.41) is 0. The molecule has 0 saturated carbocycles. The highest BCUT2D eigenvalue weighted by Gasteiger charge is 2.36. The van der Waals surface area contributed by atoms with Crippen LogP contribution in [0, 0.1) is 5.41 Å². The predicted molar refractivity (Wildman–Crippen MR) is 66.7 cm³/mol. The van der Waals surface area contributed by atoms with Crippen LogP contribution in [0.5, 0.6) is 0 Å². The molecule has 1 rings (SSSR count). The van der Waals surface area contributed by atoms with Crippen LogP contribution in [0.1, 0.15) is 26.7 Å². The lowest BCUT2D eigenvalue weighted by Crippen LogP contribution is -2.43. The molecule has 4 nitrogen and oxygen atoms in total. The Balaban J connectivity index is 0.00000225. The first kappa shape index (κ1) is 15.7. The van der Waals surface area contributed by atoms with E-state index < -0.39 is 6.10 Å². The first-order valence-electron chi connectivity index (χ1n) is 5.58. The second-order valence-electron chi connectivity index (χ2n) is 4.63. The highest BCUT2D eigenvalue weighted by atomic mass is 35.5. The Kier molecular flexibility index (Phi) is 6.30. The summed E-state index contributed by atoms with van der Waals surface area (Å²) in [6.45, 7) is 6.33. The van der Waals surface area contributed by atoms with Crippen molar-refractivity contribution in [1.82, 2.24) is 4.90 Å². The molecule has 1 aliphatic heterocycles. The molecular formula is C11H23ClN2O2. The van der Waals surface area contributed by atoms with Gasteiger partial charge in [0.15, 0.2) is 0 Å². The first-order chi connectivity index (χ1) is 7.06. The number of carbonyl (C=O) groups is 1. The van der Waals surface area contributed by atoms with E-state index >= 15 is 0 Å². The van der Waals surface area contributed by atoms with E-state index in [1.165, 1.54) is 7.11 Å². The van der Waals surface area contributed by atoms with E-state index in [9.17, 15) is 4.79 Å². The van der Waals surface area contributed by atoms with Crippen LogP contribution in [-0.2, 0) is 9.53 Å². The molecule has 0 radical (unpaired) electrons. The molecule has 1 saturated heterocycles. The highest BCUT2D eigenvalue weighted by molar-refractivity contribution is 5.85. The summed E-state index contributed by atoms with van der Waals surface area (Å²) in [5.41, 5.74) is 5.76. The van der Waals surface area contributed by atoms with E-state index in [2.05, 4.69) is 13.8 Å². The molecule has 1 heterocycles. The van der Waals surface area contributed by atoms with Crippen molar-refractivity contribution in [2.45, 2.75) is 32.8 Å². The van der Waals surface area contributed by atoms with Gasteiger partial charge in [0.05, 0.1) is 0 Å². The van der Waals surface area contributed by atoms with E-state index in [0.717, 1.165) is 25.9 Å². The fourth-order valence-corrected chi connectivity index (χ4v) is 2.00. The second kappa shape index (κ2) is 6.42. The number of carbonyl (C=O) groups excluding carboxylic acids is 1. The summed E-state index contributed by atoms with van der Waals surface area (Å²) in [4.78, 5) is 13.8. The summed E-state index contributed by atoms with van der Waals surface area (Å²) in [6, 6.07) is 0. The fraction of sp³-hybridized carbons (Fsp3) is 0.909. The maximum absolute atomic E-state index is 11.9. The Morgan fingerprint density at radius 3 is 2.62 bits per heavy atom. The van der Waals surface area contributed by atoms with Gasteiger partial charge in [-0.05, 0) is 18.3 Å². The van der Waals surface area contributed by atoms with Crippen molar-refractivity contribution in [3.05, 3.63) is 0 Å². The molecule has 5 heteroatoms. The number of nitrogens with zero attached hydrogens (tertiary/aromatic N) is 1. The molecule has 2 N–H and O–H groups in total.